The number of phenols is 1. The van der Waals surface area contributed by atoms with E-state index in [9.17, 15) is 9.90 Å². The maximum absolute atomic E-state index is 12.9. The van der Waals surface area contributed by atoms with E-state index >= 15 is 0 Å². The number of rotatable bonds is 2. The Labute approximate surface area is 157 Å². The molecule has 0 unspecified atom stereocenters. The van der Waals surface area contributed by atoms with Crippen LogP contribution in [0.4, 0.5) is 5.69 Å². The first-order chi connectivity index (χ1) is 11.8. The van der Waals surface area contributed by atoms with Crippen molar-refractivity contribution in [2.24, 2.45) is 0 Å². The maximum atomic E-state index is 12.9. The molecule has 3 heteroatoms. The third-order valence-corrected chi connectivity index (χ3v) is 4.62. The highest BCUT2D eigenvalue weighted by Gasteiger charge is 2.27. The second-order valence-electron chi connectivity index (χ2n) is 9.19. The van der Waals surface area contributed by atoms with Crippen LogP contribution in [0.1, 0.15) is 74.2 Å². The van der Waals surface area contributed by atoms with Crippen LogP contribution in [-0.2, 0) is 10.8 Å². The van der Waals surface area contributed by atoms with E-state index in [1.54, 1.807) is 0 Å². The molecule has 2 aromatic rings. The SMILES string of the molecule is Cc1ccc(NC(=O)c2cc(C(C)(C)C)c(O)c(C(C)(C)C)c2)c(C)c1. The summed E-state index contributed by atoms with van der Waals surface area (Å²) in [6, 6.07) is 9.58. The monoisotopic (exact) mass is 353 g/mol. The van der Waals surface area contributed by atoms with E-state index in [1.807, 2.05) is 85.7 Å². The van der Waals surface area contributed by atoms with Crippen LogP contribution in [0, 0.1) is 13.8 Å². The smallest absolute Gasteiger partial charge is 0.255 e. The first-order valence-electron chi connectivity index (χ1n) is 9.07. The number of aromatic hydroxyl groups is 1. The maximum Gasteiger partial charge on any atom is 0.255 e. The van der Waals surface area contributed by atoms with Crippen molar-refractivity contribution >= 4 is 11.6 Å². The molecular formula is C23H31NO2. The van der Waals surface area contributed by atoms with Crippen LogP contribution < -0.4 is 5.32 Å². The number of hydrogen-bond acceptors (Lipinski definition) is 2. The van der Waals surface area contributed by atoms with E-state index in [0.717, 1.165) is 27.9 Å². The van der Waals surface area contributed by atoms with Crippen LogP contribution in [0.3, 0.4) is 0 Å². The lowest BCUT2D eigenvalue weighted by molar-refractivity contribution is 0.102. The van der Waals surface area contributed by atoms with Gasteiger partial charge in [-0.1, -0.05) is 59.2 Å². The van der Waals surface area contributed by atoms with Crippen LogP contribution in [0.25, 0.3) is 0 Å². The van der Waals surface area contributed by atoms with Crippen molar-refractivity contribution in [1.29, 1.82) is 0 Å². The summed E-state index contributed by atoms with van der Waals surface area (Å²) in [4.78, 5) is 12.9. The van der Waals surface area contributed by atoms with Gasteiger partial charge in [-0.25, -0.2) is 0 Å². The van der Waals surface area contributed by atoms with Gasteiger partial charge in [0.05, 0.1) is 0 Å². The number of carbonyl (C=O) groups excluding carboxylic acids is 1. The minimum absolute atomic E-state index is 0.159. The summed E-state index contributed by atoms with van der Waals surface area (Å²) < 4.78 is 0. The fraction of sp³-hybridized carbons (Fsp3) is 0.435. The molecule has 0 saturated carbocycles. The third kappa shape index (κ3) is 4.27. The Balaban J connectivity index is 2.53. The van der Waals surface area contributed by atoms with E-state index in [2.05, 4.69) is 5.32 Å². The van der Waals surface area contributed by atoms with Crippen LogP contribution >= 0.6 is 0 Å². The number of hydrogen-bond donors (Lipinski definition) is 2. The Morgan fingerprint density at radius 2 is 1.38 bits per heavy atom. The van der Waals surface area contributed by atoms with E-state index in [4.69, 9.17) is 0 Å². The molecule has 0 spiro atoms. The molecule has 0 aliphatic rings. The van der Waals surface area contributed by atoms with Gasteiger partial charge >= 0.3 is 0 Å². The van der Waals surface area contributed by atoms with Crippen molar-refractivity contribution in [3.8, 4) is 5.75 Å². The number of phenolic OH excluding ortho intramolecular Hbond substituents is 1. The van der Waals surface area contributed by atoms with Crippen molar-refractivity contribution in [3.63, 3.8) is 0 Å². The molecule has 0 saturated heterocycles. The lowest BCUT2D eigenvalue weighted by Gasteiger charge is -2.28. The van der Waals surface area contributed by atoms with E-state index in [-0.39, 0.29) is 22.5 Å². The molecule has 0 aliphatic carbocycles. The summed E-state index contributed by atoms with van der Waals surface area (Å²) in [5, 5.41) is 13.8. The van der Waals surface area contributed by atoms with Crippen LogP contribution in [0.15, 0.2) is 30.3 Å². The van der Waals surface area contributed by atoms with Crippen molar-refractivity contribution in [2.75, 3.05) is 5.32 Å². The lowest BCUT2D eigenvalue weighted by Crippen LogP contribution is -2.21. The number of amides is 1. The quantitative estimate of drug-likeness (QED) is 0.711. The van der Waals surface area contributed by atoms with Gasteiger partial charge in [-0.05, 0) is 48.4 Å². The fourth-order valence-corrected chi connectivity index (χ4v) is 3.06. The molecule has 1 amide bonds. The second kappa shape index (κ2) is 6.79. The molecule has 0 bridgehead atoms. The summed E-state index contributed by atoms with van der Waals surface area (Å²) >= 11 is 0. The van der Waals surface area contributed by atoms with E-state index in [1.165, 1.54) is 0 Å². The van der Waals surface area contributed by atoms with Gasteiger partial charge in [0.1, 0.15) is 5.75 Å². The number of anilines is 1. The van der Waals surface area contributed by atoms with Crippen LogP contribution in [0.5, 0.6) is 5.75 Å². The molecule has 0 aliphatic heterocycles. The summed E-state index contributed by atoms with van der Waals surface area (Å²) in [6.45, 7) is 16.3. The highest BCUT2D eigenvalue weighted by Crippen LogP contribution is 2.39. The van der Waals surface area contributed by atoms with Crippen molar-refractivity contribution in [1.82, 2.24) is 0 Å². The van der Waals surface area contributed by atoms with Gasteiger partial charge in [0, 0.05) is 22.4 Å². The van der Waals surface area contributed by atoms with Crippen LogP contribution in [0.2, 0.25) is 0 Å². The Bertz CT molecular complexity index is 801. The minimum atomic E-state index is -0.264. The first-order valence-corrected chi connectivity index (χ1v) is 9.07. The molecule has 0 fully saturated rings. The zero-order chi connectivity index (χ0) is 19.9. The average Bonchev–Trinajstić information content (AvgIpc) is 2.47. The highest BCUT2D eigenvalue weighted by molar-refractivity contribution is 6.05. The predicted octanol–water partition coefficient (Wildman–Crippen LogP) is 5.86. The van der Waals surface area contributed by atoms with Crippen molar-refractivity contribution in [3.05, 3.63) is 58.1 Å². The molecule has 140 valence electrons. The van der Waals surface area contributed by atoms with Gasteiger partial charge < -0.3 is 10.4 Å². The third-order valence-electron chi connectivity index (χ3n) is 4.62. The predicted molar refractivity (Wildman–Crippen MR) is 109 cm³/mol. The Morgan fingerprint density at radius 3 is 1.81 bits per heavy atom. The highest BCUT2D eigenvalue weighted by atomic mass is 16.3. The van der Waals surface area contributed by atoms with Crippen molar-refractivity contribution < 1.29 is 9.90 Å². The molecule has 0 radical (unpaired) electrons. The number of aryl methyl sites for hydroxylation is 2. The minimum Gasteiger partial charge on any atom is -0.507 e. The van der Waals surface area contributed by atoms with Gasteiger partial charge in [-0.3, -0.25) is 4.79 Å². The largest absolute Gasteiger partial charge is 0.507 e. The van der Waals surface area contributed by atoms with Gasteiger partial charge in [0.25, 0.3) is 5.91 Å². The summed E-state index contributed by atoms with van der Waals surface area (Å²) in [6.07, 6.45) is 0. The molecule has 2 rings (SSSR count). The van der Waals surface area contributed by atoms with Crippen molar-refractivity contribution in [2.45, 2.75) is 66.2 Å². The molecule has 0 aromatic heterocycles. The first kappa shape index (κ1) is 20.0. The van der Waals surface area contributed by atoms with Gasteiger partial charge in [0.2, 0.25) is 0 Å². The van der Waals surface area contributed by atoms with Gasteiger partial charge in [0.15, 0.2) is 0 Å². The number of benzene rings is 2. The summed E-state index contributed by atoms with van der Waals surface area (Å²) in [5.41, 5.74) is 4.62. The molecule has 2 N–H and O–H groups in total. The zero-order valence-corrected chi connectivity index (χ0v) is 17.2. The normalized spacial score (nSPS) is 12.2. The Kier molecular flexibility index (Phi) is 5.23. The van der Waals surface area contributed by atoms with E-state index < -0.39 is 0 Å². The standard InChI is InChI=1S/C23H31NO2/c1-14-9-10-19(15(2)11-14)24-21(26)16-12-17(22(3,4)5)20(25)18(13-16)23(6,7)8/h9-13,25H,1-8H3,(H,24,26). The summed E-state index contributed by atoms with van der Waals surface area (Å²) in [5.74, 6) is 0.126. The van der Waals surface area contributed by atoms with Gasteiger partial charge in [-0.15, -0.1) is 0 Å². The Morgan fingerprint density at radius 1 is 0.885 bits per heavy atom. The fourth-order valence-electron chi connectivity index (χ4n) is 3.06. The molecule has 3 nitrogen and oxygen atoms in total. The number of nitrogens with one attached hydrogen (secondary N) is 1. The second-order valence-corrected chi connectivity index (χ2v) is 9.19. The lowest BCUT2D eigenvalue weighted by atomic mass is 9.78. The molecular weight excluding hydrogens is 322 g/mol. The molecule has 26 heavy (non-hydrogen) atoms. The zero-order valence-electron chi connectivity index (χ0n) is 17.2. The summed E-state index contributed by atoms with van der Waals surface area (Å²) in [7, 11) is 0. The molecule has 0 atom stereocenters. The molecule has 2 aromatic carbocycles. The van der Waals surface area contributed by atoms with Gasteiger partial charge in [-0.2, -0.15) is 0 Å². The average molecular weight is 354 g/mol. The van der Waals surface area contributed by atoms with E-state index in [0.29, 0.717) is 5.56 Å². The molecule has 0 heterocycles. The topological polar surface area (TPSA) is 49.3 Å². The number of carbonyl (C=O) groups is 1. The Hall–Kier alpha value is -2.29. The van der Waals surface area contributed by atoms with Crippen LogP contribution in [-0.4, -0.2) is 11.0 Å².